The summed E-state index contributed by atoms with van der Waals surface area (Å²) in [5.74, 6) is -2.26. The second kappa shape index (κ2) is 6.10. The summed E-state index contributed by atoms with van der Waals surface area (Å²) < 4.78 is 4.75. The van der Waals surface area contributed by atoms with Gasteiger partial charge in [0.2, 0.25) is 0 Å². The fourth-order valence-corrected chi connectivity index (χ4v) is 1.37. The molecule has 0 fully saturated rings. The number of ether oxygens (including phenoxy) is 1. The molecule has 0 saturated heterocycles. The molecular weight excluding hydrogens is 310 g/mol. The Hall–Kier alpha value is -1.96. The fraction of sp³-hybridized carbons (Fsp3) is 0.200. The zero-order chi connectivity index (χ0) is 13.7. The minimum atomic E-state index is -1.43. The highest BCUT2D eigenvalue weighted by molar-refractivity contribution is 9.09. The predicted molar refractivity (Wildman–Crippen MR) is 64.1 cm³/mol. The predicted octanol–water partition coefficient (Wildman–Crippen LogP) is 1.84. The van der Waals surface area contributed by atoms with Crippen LogP contribution in [0.1, 0.15) is 20.7 Å². The molecule has 8 heteroatoms. The highest BCUT2D eigenvalue weighted by Gasteiger charge is 2.21. The van der Waals surface area contributed by atoms with Crippen molar-refractivity contribution in [3.63, 3.8) is 0 Å². The maximum atomic E-state index is 11.5. The summed E-state index contributed by atoms with van der Waals surface area (Å²) in [5, 5.41) is 19.8. The average molecular weight is 318 g/mol. The van der Waals surface area contributed by atoms with Gasteiger partial charge in [-0.2, -0.15) is 0 Å². The molecule has 0 unspecified atom stereocenters. The Bertz CT molecular complexity index is 501. The van der Waals surface area contributed by atoms with Crippen molar-refractivity contribution in [3.05, 3.63) is 39.4 Å². The van der Waals surface area contributed by atoms with Crippen LogP contribution in [-0.2, 0) is 4.74 Å². The molecule has 0 heterocycles. The van der Waals surface area contributed by atoms with E-state index in [1.54, 1.807) is 0 Å². The lowest BCUT2D eigenvalue weighted by atomic mass is 10.1. The lowest BCUT2D eigenvalue weighted by Gasteiger charge is -2.05. The van der Waals surface area contributed by atoms with Crippen molar-refractivity contribution in [3.8, 4) is 0 Å². The first-order valence-electron chi connectivity index (χ1n) is 4.72. The Kier molecular flexibility index (Phi) is 4.78. The Balaban J connectivity index is 3.15. The molecule has 0 aliphatic heterocycles. The van der Waals surface area contributed by atoms with E-state index in [-0.39, 0.29) is 12.2 Å². The van der Waals surface area contributed by atoms with Crippen LogP contribution < -0.4 is 0 Å². The zero-order valence-corrected chi connectivity index (χ0v) is 10.5. The molecule has 0 aliphatic carbocycles. The molecule has 0 saturated carbocycles. The number of carbonyl (C=O) groups is 2. The van der Waals surface area contributed by atoms with Crippen molar-refractivity contribution in [2.24, 2.45) is 0 Å². The van der Waals surface area contributed by atoms with Crippen LogP contribution in [-0.4, -0.2) is 33.9 Å². The molecule has 18 heavy (non-hydrogen) atoms. The van der Waals surface area contributed by atoms with E-state index in [0.717, 1.165) is 18.2 Å². The minimum absolute atomic E-state index is 0.0783. The van der Waals surface area contributed by atoms with E-state index in [9.17, 15) is 19.7 Å². The zero-order valence-electron chi connectivity index (χ0n) is 8.96. The summed E-state index contributed by atoms with van der Waals surface area (Å²) in [6.45, 7) is 0.0783. The van der Waals surface area contributed by atoms with Gasteiger partial charge in [0.25, 0.3) is 5.69 Å². The first kappa shape index (κ1) is 14.1. The van der Waals surface area contributed by atoms with Crippen molar-refractivity contribution in [1.82, 2.24) is 0 Å². The van der Waals surface area contributed by atoms with Gasteiger partial charge in [0.15, 0.2) is 0 Å². The fourth-order valence-electron chi connectivity index (χ4n) is 1.21. The van der Waals surface area contributed by atoms with Crippen LogP contribution in [0.25, 0.3) is 0 Å². The van der Waals surface area contributed by atoms with Gasteiger partial charge in [-0.15, -0.1) is 0 Å². The maximum absolute atomic E-state index is 11.5. The second-order valence-electron chi connectivity index (χ2n) is 3.12. The molecule has 0 bridgehead atoms. The van der Waals surface area contributed by atoms with E-state index in [0.29, 0.717) is 5.33 Å². The van der Waals surface area contributed by atoms with Gasteiger partial charge < -0.3 is 9.84 Å². The minimum Gasteiger partial charge on any atom is -0.478 e. The quantitative estimate of drug-likeness (QED) is 0.384. The molecule has 0 aromatic heterocycles. The summed E-state index contributed by atoms with van der Waals surface area (Å²) in [5.41, 5.74) is -1.07. The third-order valence-electron chi connectivity index (χ3n) is 1.97. The van der Waals surface area contributed by atoms with E-state index < -0.39 is 28.1 Å². The molecule has 1 aromatic rings. The number of halogens is 1. The number of carboxylic acids is 1. The van der Waals surface area contributed by atoms with Crippen molar-refractivity contribution in [2.75, 3.05) is 11.9 Å². The van der Waals surface area contributed by atoms with E-state index in [2.05, 4.69) is 15.9 Å². The number of esters is 1. The number of carbonyl (C=O) groups excluding carboxylic acids is 1. The number of carboxylic acid groups (broad SMARTS) is 1. The van der Waals surface area contributed by atoms with Gasteiger partial charge in [-0.25, -0.2) is 9.59 Å². The number of rotatable bonds is 5. The van der Waals surface area contributed by atoms with Crippen LogP contribution in [0.4, 0.5) is 5.69 Å². The maximum Gasteiger partial charge on any atom is 0.339 e. The Morgan fingerprint density at radius 3 is 2.56 bits per heavy atom. The number of nitro benzene ring substituents is 1. The van der Waals surface area contributed by atoms with Crippen LogP contribution >= 0.6 is 15.9 Å². The van der Waals surface area contributed by atoms with Gasteiger partial charge in [-0.1, -0.05) is 15.9 Å². The van der Waals surface area contributed by atoms with Gasteiger partial charge in [-0.05, 0) is 6.07 Å². The smallest absolute Gasteiger partial charge is 0.339 e. The van der Waals surface area contributed by atoms with Gasteiger partial charge in [0.05, 0.1) is 16.1 Å². The summed E-state index contributed by atoms with van der Waals surface area (Å²) in [6, 6.07) is 2.95. The van der Waals surface area contributed by atoms with E-state index in [4.69, 9.17) is 9.84 Å². The van der Waals surface area contributed by atoms with Crippen molar-refractivity contribution in [2.45, 2.75) is 0 Å². The monoisotopic (exact) mass is 317 g/mol. The normalized spacial score (nSPS) is 9.83. The van der Waals surface area contributed by atoms with Crippen molar-refractivity contribution < 1.29 is 24.4 Å². The largest absolute Gasteiger partial charge is 0.478 e. The number of benzene rings is 1. The van der Waals surface area contributed by atoms with Crippen molar-refractivity contribution >= 4 is 33.6 Å². The molecular formula is C10H8BrNO6. The lowest BCUT2D eigenvalue weighted by Crippen LogP contribution is -2.13. The molecule has 7 nitrogen and oxygen atoms in total. The highest BCUT2D eigenvalue weighted by Crippen LogP contribution is 2.19. The average Bonchev–Trinajstić information content (AvgIpc) is 2.34. The van der Waals surface area contributed by atoms with E-state index in [1.807, 2.05) is 0 Å². The van der Waals surface area contributed by atoms with Gasteiger partial charge in [0, 0.05) is 17.5 Å². The molecule has 0 spiro atoms. The van der Waals surface area contributed by atoms with Gasteiger partial charge >= 0.3 is 11.9 Å². The highest BCUT2D eigenvalue weighted by atomic mass is 79.9. The van der Waals surface area contributed by atoms with Gasteiger partial charge in [0.1, 0.15) is 6.61 Å². The Morgan fingerprint density at radius 2 is 2.06 bits per heavy atom. The number of hydrogen-bond acceptors (Lipinski definition) is 5. The van der Waals surface area contributed by atoms with E-state index >= 15 is 0 Å². The molecule has 1 N–H and O–H groups in total. The molecule has 0 atom stereocenters. The molecule has 0 aliphatic rings. The number of non-ortho nitro benzene ring substituents is 1. The van der Waals surface area contributed by atoms with Crippen LogP contribution in [0.15, 0.2) is 18.2 Å². The summed E-state index contributed by atoms with van der Waals surface area (Å²) in [7, 11) is 0. The summed E-state index contributed by atoms with van der Waals surface area (Å²) >= 11 is 3.05. The summed E-state index contributed by atoms with van der Waals surface area (Å²) in [4.78, 5) is 32.3. The van der Waals surface area contributed by atoms with Crippen LogP contribution in [0.5, 0.6) is 0 Å². The number of nitro groups is 1. The number of aromatic carboxylic acids is 1. The Labute approximate surface area is 110 Å². The first-order chi connectivity index (χ1) is 8.47. The third-order valence-corrected chi connectivity index (χ3v) is 2.30. The number of hydrogen-bond donors (Lipinski definition) is 1. The van der Waals surface area contributed by atoms with Gasteiger partial charge in [-0.3, -0.25) is 10.1 Å². The van der Waals surface area contributed by atoms with E-state index in [1.165, 1.54) is 0 Å². The topological polar surface area (TPSA) is 107 Å². The second-order valence-corrected chi connectivity index (χ2v) is 3.91. The van der Waals surface area contributed by atoms with Crippen molar-refractivity contribution in [1.29, 1.82) is 0 Å². The van der Waals surface area contributed by atoms with Crippen LogP contribution in [0, 0.1) is 10.1 Å². The first-order valence-corrected chi connectivity index (χ1v) is 5.84. The standard InChI is InChI=1S/C10H8BrNO6/c11-3-4-18-10(15)7-2-1-6(12(16)17)5-8(7)9(13)14/h1-2,5H,3-4H2,(H,13,14). The SMILES string of the molecule is O=C(O)c1cc([N+](=O)[O-])ccc1C(=O)OCCBr. The third kappa shape index (κ3) is 3.27. The number of alkyl halides is 1. The summed E-state index contributed by atoms with van der Waals surface area (Å²) in [6.07, 6.45) is 0. The molecule has 1 rings (SSSR count). The molecule has 96 valence electrons. The number of nitrogens with zero attached hydrogens (tertiary/aromatic N) is 1. The van der Waals surface area contributed by atoms with Crippen LogP contribution in [0.2, 0.25) is 0 Å². The molecule has 1 aromatic carbocycles. The van der Waals surface area contributed by atoms with Crippen LogP contribution in [0.3, 0.4) is 0 Å². The Morgan fingerprint density at radius 1 is 1.39 bits per heavy atom. The molecule has 0 amide bonds. The lowest BCUT2D eigenvalue weighted by molar-refractivity contribution is -0.384. The molecule has 0 radical (unpaired) electrons.